The van der Waals surface area contributed by atoms with Crippen molar-refractivity contribution in [1.29, 1.82) is 0 Å². The maximum absolute atomic E-state index is 14.2. The molecule has 0 saturated carbocycles. The number of halogens is 4. The quantitative estimate of drug-likeness (QED) is 0.0590. The summed E-state index contributed by atoms with van der Waals surface area (Å²) in [5.74, 6) is -0.780. The van der Waals surface area contributed by atoms with E-state index in [9.17, 15) is 39.6 Å². The van der Waals surface area contributed by atoms with E-state index < -0.39 is 52.8 Å². The normalized spacial score (nSPS) is 16.1. The summed E-state index contributed by atoms with van der Waals surface area (Å²) in [6.45, 7) is 4.33. The van der Waals surface area contributed by atoms with Gasteiger partial charge < -0.3 is 25.6 Å². The third kappa shape index (κ3) is 13.4. The van der Waals surface area contributed by atoms with Gasteiger partial charge in [0.1, 0.15) is 4.90 Å². The maximum atomic E-state index is 14.2. The van der Waals surface area contributed by atoms with E-state index in [1.165, 1.54) is 23.9 Å². The number of likely N-dealkylation sites (N-methyl/N-ethyl adjacent to an activating group) is 1. The standard InChI is InChI=1S/C49H54ClF3N6O7S3/c1-54-32-46(60)56-47(43-10-6-5-9-42(43)34-11-15-37(50)16-12-34)35-21-25-59(26-22-35)39-17-13-36(14-18-39)48(61)57-69(64,65)41-19-20-44(45(31-41)68(62,63)49(51,52)53)55-38(23-24-58-27-29-66-30-28-58)33-67-40-7-3-2-4-8-40/h2-20,31,35,38,47,54-55H,21-30,32-33H2,1H3,(H,56,60)(H,57,61)/t38?,47-/m1/s1. The Bertz CT molecular complexity index is 2760. The summed E-state index contributed by atoms with van der Waals surface area (Å²) in [6.07, 6.45) is 1.85. The SMILES string of the molecule is CNCC(=O)N[C@@H](c1ccccc1-c1ccc(Cl)cc1)C1CCN(c2ccc(C(=O)NS(=O)(=O)c3ccc(NC(CCN4CCOCC4)CSc4ccccc4)c(S(=O)(=O)C(F)(F)F)c3)cc2)CC1. The van der Waals surface area contributed by atoms with Gasteiger partial charge in [0.15, 0.2) is 0 Å². The van der Waals surface area contributed by atoms with Crippen LogP contribution in [0, 0.1) is 5.92 Å². The Morgan fingerprint density at radius 1 is 0.841 bits per heavy atom. The van der Waals surface area contributed by atoms with Crippen molar-refractivity contribution in [2.24, 2.45) is 5.92 Å². The molecule has 1 unspecified atom stereocenters. The van der Waals surface area contributed by atoms with Crippen molar-refractivity contribution in [3.63, 3.8) is 0 Å². The van der Waals surface area contributed by atoms with E-state index in [1.54, 1.807) is 19.2 Å². The number of carbonyl (C=O) groups excluding carboxylic acids is 2. The summed E-state index contributed by atoms with van der Waals surface area (Å²) >= 11 is 7.62. The second kappa shape index (κ2) is 23.2. The number of nitrogens with zero attached hydrogens (tertiary/aromatic N) is 2. The summed E-state index contributed by atoms with van der Waals surface area (Å²) in [7, 11) is -9.26. The molecule has 2 heterocycles. The topological polar surface area (TPSA) is 166 Å². The summed E-state index contributed by atoms with van der Waals surface area (Å²) in [4.78, 5) is 29.5. The van der Waals surface area contributed by atoms with Gasteiger partial charge in [0.25, 0.3) is 25.8 Å². The average Bonchev–Trinajstić information content (AvgIpc) is 3.34. The smallest absolute Gasteiger partial charge is 0.380 e. The van der Waals surface area contributed by atoms with Crippen LogP contribution in [0.2, 0.25) is 5.02 Å². The van der Waals surface area contributed by atoms with Crippen molar-refractivity contribution in [2.75, 3.05) is 75.5 Å². The van der Waals surface area contributed by atoms with Gasteiger partial charge in [-0.25, -0.2) is 21.6 Å². The fraction of sp³-hybridized carbons (Fsp3) is 0.347. The van der Waals surface area contributed by atoms with Crippen molar-refractivity contribution in [2.45, 2.75) is 51.5 Å². The van der Waals surface area contributed by atoms with Crippen molar-refractivity contribution in [1.82, 2.24) is 20.3 Å². The first-order chi connectivity index (χ1) is 33.0. The molecule has 5 aromatic rings. The van der Waals surface area contributed by atoms with Gasteiger partial charge in [-0.15, -0.1) is 11.8 Å². The molecule has 2 aliphatic rings. The van der Waals surface area contributed by atoms with Gasteiger partial charge in [-0.05, 0) is 116 Å². The van der Waals surface area contributed by atoms with E-state index in [4.69, 9.17) is 16.3 Å². The molecule has 368 valence electrons. The van der Waals surface area contributed by atoms with Crippen molar-refractivity contribution < 1.29 is 44.3 Å². The van der Waals surface area contributed by atoms with Crippen LogP contribution in [0.15, 0.2) is 136 Å². The van der Waals surface area contributed by atoms with Gasteiger partial charge >= 0.3 is 5.51 Å². The highest BCUT2D eigenvalue weighted by molar-refractivity contribution is 7.99. The number of thioether (sulfide) groups is 1. The molecule has 2 aliphatic heterocycles. The highest BCUT2D eigenvalue weighted by Crippen LogP contribution is 2.39. The number of hydrogen-bond acceptors (Lipinski definition) is 12. The fourth-order valence-electron chi connectivity index (χ4n) is 8.48. The molecule has 69 heavy (non-hydrogen) atoms. The monoisotopic (exact) mass is 1030 g/mol. The molecule has 2 amide bonds. The van der Waals surface area contributed by atoms with Crippen LogP contribution < -0.4 is 25.6 Å². The lowest BCUT2D eigenvalue weighted by molar-refractivity contribution is -0.121. The van der Waals surface area contributed by atoms with Crippen molar-refractivity contribution in [3.8, 4) is 11.1 Å². The van der Waals surface area contributed by atoms with Crippen LogP contribution in [0.4, 0.5) is 24.5 Å². The molecule has 5 aromatic carbocycles. The highest BCUT2D eigenvalue weighted by Gasteiger charge is 2.48. The Labute approximate surface area is 410 Å². The van der Waals surface area contributed by atoms with Crippen LogP contribution >= 0.6 is 23.4 Å². The van der Waals surface area contributed by atoms with Gasteiger partial charge in [0.05, 0.1) is 36.4 Å². The number of rotatable bonds is 19. The van der Waals surface area contributed by atoms with Crippen LogP contribution in [0.1, 0.15) is 41.2 Å². The first kappa shape index (κ1) is 51.7. The van der Waals surface area contributed by atoms with E-state index in [1.807, 2.05) is 83.6 Å². The predicted molar refractivity (Wildman–Crippen MR) is 264 cm³/mol. The minimum absolute atomic E-state index is 0.0521. The molecule has 0 aromatic heterocycles. The highest BCUT2D eigenvalue weighted by atomic mass is 35.5. The molecule has 13 nitrogen and oxygen atoms in total. The van der Waals surface area contributed by atoms with Crippen molar-refractivity contribution >= 4 is 66.4 Å². The lowest BCUT2D eigenvalue weighted by atomic mass is 9.82. The first-order valence-electron chi connectivity index (χ1n) is 22.4. The number of amides is 2. The summed E-state index contributed by atoms with van der Waals surface area (Å²) < 4.78 is 103. The van der Waals surface area contributed by atoms with Gasteiger partial charge in [0.2, 0.25) is 5.91 Å². The Morgan fingerprint density at radius 3 is 2.17 bits per heavy atom. The second-order valence-corrected chi connectivity index (χ2v) is 21.9. The van der Waals surface area contributed by atoms with E-state index in [2.05, 4.69) is 25.8 Å². The minimum atomic E-state index is -6.08. The molecule has 7 rings (SSSR count). The van der Waals surface area contributed by atoms with Gasteiger partial charge in [-0.2, -0.15) is 13.2 Å². The largest absolute Gasteiger partial charge is 0.501 e. The Balaban J connectivity index is 1.04. The zero-order chi connectivity index (χ0) is 49.2. The number of sulfonamides is 1. The number of hydrogen-bond donors (Lipinski definition) is 4. The minimum Gasteiger partial charge on any atom is -0.380 e. The fourth-order valence-corrected chi connectivity index (χ4v) is 11.6. The summed E-state index contributed by atoms with van der Waals surface area (Å²) in [5, 5.41) is 9.77. The van der Waals surface area contributed by atoms with Crippen LogP contribution in [0.25, 0.3) is 11.1 Å². The second-order valence-electron chi connectivity index (χ2n) is 16.8. The third-order valence-electron chi connectivity index (χ3n) is 12.1. The molecule has 0 spiro atoms. The number of anilines is 2. The Hall–Kier alpha value is -5.15. The average molecular weight is 1030 g/mol. The zero-order valence-corrected chi connectivity index (χ0v) is 41.0. The number of carbonyl (C=O) groups is 2. The summed E-state index contributed by atoms with van der Waals surface area (Å²) in [5.41, 5.74) is -2.54. The van der Waals surface area contributed by atoms with E-state index in [0.29, 0.717) is 82.0 Å². The third-order valence-corrected chi connectivity index (χ3v) is 16.4. The lowest BCUT2D eigenvalue weighted by Crippen LogP contribution is -2.43. The Morgan fingerprint density at radius 2 is 1.51 bits per heavy atom. The van der Waals surface area contributed by atoms with Gasteiger partial charge in [0, 0.05) is 65.7 Å². The van der Waals surface area contributed by atoms with Crippen LogP contribution in [0.3, 0.4) is 0 Å². The number of ether oxygens (including phenoxy) is 1. The predicted octanol–water partition coefficient (Wildman–Crippen LogP) is 8.01. The van der Waals surface area contributed by atoms with Gasteiger partial charge in [-0.1, -0.05) is 66.2 Å². The summed E-state index contributed by atoms with van der Waals surface area (Å²) in [6, 6.07) is 32.6. The van der Waals surface area contributed by atoms with Crippen LogP contribution in [-0.2, 0) is 29.4 Å². The van der Waals surface area contributed by atoms with Gasteiger partial charge in [-0.3, -0.25) is 14.5 Å². The molecule has 0 aliphatic carbocycles. The number of alkyl halides is 3. The zero-order valence-electron chi connectivity index (χ0n) is 37.8. The first-order valence-corrected chi connectivity index (χ1v) is 26.8. The number of benzene rings is 5. The number of nitrogens with one attached hydrogen (secondary N) is 4. The molecular formula is C49H54ClF3N6O7S3. The van der Waals surface area contributed by atoms with Crippen LogP contribution in [0.5, 0.6) is 0 Å². The number of sulfone groups is 1. The maximum Gasteiger partial charge on any atom is 0.501 e. The molecule has 2 saturated heterocycles. The molecule has 20 heteroatoms. The lowest BCUT2D eigenvalue weighted by Gasteiger charge is -2.38. The van der Waals surface area contributed by atoms with E-state index >= 15 is 0 Å². The van der Waals surface area contributed by atoms with Crippen molar-refractivity contribution in [3.05, 3.63) is 137 Å². The number of piperidine rings is 1. The molecule has 0 bridgehead atoms. The molecule has 4 N–H and O–H groups in total. The molecule has 2 fully saturated rings. The van der Waals surface area contributed by atoms with E-state index in [-0.39, 0.29) is 30.0 Å². The van der Waals surface area contributed by atoms with E-state index in [0.717, 1.165) is 39.4 Å². The molecule has 2 atom stereocenters. The Kier molecular flexibility index (Phi) is 17.4. The molecule has 0 radical (unpaired) electrons. The number of morpholine rings is 1. The molecular weight excluding hydrogens is 973 g/mol. The van der Waals surface area contributed by atoms with Crippen LogP contribution in [-0.4, -0.2) is 110 Å².